The summed E-state index contributed by atoms with van der Waals surface area (Å²) < 4.78 is 39.5. The standard InChI is InChI=1S/C24H14O4S/c25-29(26,21-13-5-11-19-23(21)15-7-1-3-9-17(15)27-19)22-14-6-12-20-24(22)16-8-2-4-10-18(16)28-20/h1-14H. The van der Waals surface area contributed by atoms with E-state index in [0.717, 1.165) is 10.8 Å². The molecule has 0 bridgehead atoms. The van der Waals surface area contributed by atoms with Gasteiger partial charge < -0.3 is 8.83 Å². The van der Waals surface area contributed by atoms with Gasteiger partial charge in [-0.25, -0.2) is 8.42 Å². The highest BCUT2D eigenvalue weighted by Crippen LogP contribution is 2.39. The summed E-state index contributed by atoms with van der Waals surface area (Å²) in [5.74, 6) is 0. The Labute approximate surface area is 165 Å². The molecule has 0 saturated heterocycles. The molecule has 0 radical (unpaired) electrons. The van der Waals surface area contributed by atoms with Gasteiger partial charge in [0.2, 0.25) is 9.84 Å². The van der Waals surface area contributed by atoms with Gasteiger partial charge in [-0.2, -0.15) is 0 Å². The van der Waals surface area contributed by atoms with E-state index in [2.05, 4.69) is 0 Å². The molecule has 6 rings (SSSR count). The Hall–Kier alpha value is -3.57. The van der Waals surface area contributed by atoms with Gasteiger partial charge in [-0.3, -0.25) is 0 Å². The van der Waals surface area contributed by atoms with E-state index < -0.39 is 9.84 Å². The average molecular weight is 398 g/mol. The van der Waals surface area contributed by atoms with Crippen LogP contribution in [0.15, 0.2) is 104 Å². The van der Waals surface area contributed by atoms with Crippen LogP contribution in [0.2, 0.25) is 0 Å². The van der Waals surface area contributed by atoms with E-state index in [0.29, 0.717) is 33.1 Å². The molecule has 0 aliphatic heterocycles. The van der Waals surface area contributed by atoms with Gasteiger partial charge in [0, 0.05) is 21.5 Å². The van der Waals surface area contributed by atoms with Crippen molar-refractivity contribution in [2.75, 3.05) is 0 Å². The minimum absolute atomic E-state index is 0.234. The highest BCUT2D eigenvalue weighted by Gasteiger charge is 2.27. The zero-order valence-corrected chi connectivity index (χ0v) is 15.9. The predicted octanol–water partition coefficient (Wildman–Crippen LogP) is 6.32. The molecule has 140 valence electrons. The van der Waals surface area contributed by atoms with E-state index in [4.69, 9.17) is 8.83 Å². The molecule has 29 heavy (non-hydrogen) atoms. The van der Waals surface area contributed by atoms with E-state index >= 15 is 0 Å². The number of sulfone groups is 1. The third-order valence-electron chi connectivity index (χ3n) is 5.31. The summed E-state index contributed by atoms with van der Waals surface area (Å²) in [5, 5.41) is 2.78. The van der Waals surface area contributed by atoms with Gasteiger partial charge in [-0.05, 0) is 36.4 Å². The molecule has 0 fully saturated rings. The molecule has 0 aliphatic rings. The fraction of sp³-hybridized carbons (Fsp3) is 0. The number of rotatable bonds is 2. The van der Waals surface area contributed by atoms with Gasteiger partial charge in [0.1, 0.15) is 22.3 Å². The fourth-order valence-corrected chi connectivity index (χ4v) is 5.76. The summed E-state index contributed by atoms with van der Waals surface area (Å²) in [6.07, 6.45) is 0. The van der Waals surface area contributed by atoms with Crippen LogP contribution in [0, 0.1) is 0 Å². The Morgan fingerprint density at radius 1 is 0.483 bits per heavy atom. The number of hydrogen-bond donors (Lipinski definition) is 0. The Morgan fingerprint density at radius 3 is 1.38 bits per heavy atom. The normalized spacial score (nSPS) is 12.4. The van der Waals surface area contributed by atoms with Crippen molar-refractivity contribution in [3.05, 3.63) is 84.9 Å². The van der Waals surface area contributed by atoms with Gasteiger partial charge in [0.05, 0.1) is 9.79 Å². The highest BCUT2D eigenvalue weighted by atomic mass is 32.2. The van der Waals surface area contributed by atoms with Crippen LogP contribution in [0.1, 0.15) is 0 Å². The minimum Gasteiger partial charge on any atom is -0.456 e. The second-order valence-electron chi connectivity index (χ2n) is 6.96. The van der Waals surface area contributed by atoms with Gasteiger partial charge in [0.25, 0.3) is 0 Å². The smallest absolute Gasteiger partial charge is 0.208 e. The van der Waals surface area contributed by atoms with Crippen molar-refractivity contribution in [2.24, 2.45) is 0 Å². The van der Waals surface area contributed by atoms with Crippen LogP contribution in [0.5, 0.6) is 0 Å². The van der Waals surface area contributed by atoms with Crippen LogP contribution in [0.4, 0.5) is 0 Å². The second kappa shape index (κ2) is 5.72. The molecule has 2 aromatic heterocycles. The lowest BCUT2D eigenvalue weighted by Crippen LogP contribution is -2.03. The summed E-state index contributed by atoms with van der Waals surface area (Å²) in [6.45, 7) is 0. The van der Waals surface area contributed by atoms with Gasteiger partial charge in [0.15, 0.2) is 0 Å². The third-order valence-corrected chi connectivity index (χ3v) is 7.15. The van der Waals surface area contributed by atoms with Crippen LogP contribution in [0.3, 0.4) is 0 Å². The first-order valence-corrected chi connectivity index (χ1v) is 10.7. The number of hydrogen-bond acceptors (Lipinski definition) is 4. The third kappa shape index (κ3) is 2.22. The van der Waals surface area contributed by atoms with Crippen molar-refractivity contribution in [1.29, 1.82) is 0 Å². The number of furan rings is 2. The van der Waals surface area contributed by atoms with Crippen LogP contribution in [-0.4, -0.2) is 8.42 Å². The molecular formula is C24H14O4S. The maximum atomic E-state index is 13.9. The van der Waals surface area contributed by atoms with Crippen molar-refractivity contribution in [3.63, 3.8) is 0 Å². The van der Waals surface area contributed by atoms with E-state index in [-0.39, 0.29) is 9.79 Å². The van der Waals surface area contributed by atoms with E-state index in [1.165, 1.54) is 0 Å². The lowest BCUT2D eigenvalue weighted by Gasteiger charge is -2.07. The Bertz CT molecular complexity index is 1550. The highest BCUT2D eigenvalue weighted by molar-refractivity contribution is 7.92. The first kappa shape index (κ1) is 16.4. The molecule has 4 aromatic carbocycles. The average Bonchev–Trinajstić information content (AvgIpc) is 3.31. The molecule has 0 unspecified atom stereocenters. The Morgan fingerprint density at radius 2 is 0.897 bits per heavy atom. The van der Waals surface area contributed by atoms with Crippen molar-refractivity contribution in [3.8, 4) is 0 Å². The molecule has 6 aromatic rings. The van der Waals surface area contributed by atoms with Crippen molar-refractivity contribution in [2.45, 2.75) is 9.79 Å². The van der Waals surface area contributed by atoms with Gasteiger partial charge >= 0.3 is 0 Å². The summed E-state index contributed by atoms with van der Waals surface area (Å²) in [5.41, 5.74) is 2.43. The minimum atomic E-state index is -3.83. The summed E-state index contributed by atoms with van der Waals surface area (Å²) in [7, 11) is -3.83. The summed E-state index contributed by atoms with van der Waals surface area (Å²) in [6, 6.07) is 25.3. The maximum Gasteiger partial charge on any atom is 0.208 e. The molecule has 0 amide bonds. The van der Waals surface area contributed by atoms with Crippen LogP contribution < -0.4 is 0 Å². The molecule has 2 heterocycles. The molecule has 0 atom stereocenters. The Balaban J connectivity index is 1.75. The molecule has 5 heteroatoms. The second-order valence-corrected chi connectivity index (χ2v) is 8.84. The topological polar surface area (TPSA) is 60.4 Å². The molecule has 0 spiro atoms. The molecule has 0 N–H and O–H groups in total. The molecule has 0 saturated carbocycles. The predicted molar refractivity (Wildman–Crippen MR) is 113 cm³/mol. The lowest BCUT2D eigenvalue weighted by atomic mass is 10.1. The monoisotopic (exact) mass is 398 g/mol. The van der Waals surface area contributed by atoms with Crippen LogP contribution >= 0.6 is 0 Å². The first-order valence-electron chi connectivity index (χ1n) is 9.20. The molecular weight excluding hydrogens is 384 g/mol. The first-order chi connectivity index (χ1) is 14.1. The number of benzene rings is 4. The van der Waals surface area contributed by atoms with E-state index in [9.17, 15) is 8.42 Å². The molecule has 4 nitrogen and oxygen atoms in total. The van der Waals surface area contributed by atoms with E-state index in [1.807, 2.05) is 48.5 Å². The molecule has 0 aliphatic carbocycles. The summed E-state index contributed by atoms with van der Waals surface area (Å²) >= 11 is 0. The largest absolute Gasteiger partial charge is 0.456 e. The summed E-state index contributed by atoms with van der Waals surface area (Å²) in [4.78, 5) is 0.468. The lowest BCUT2D eigenvalue weighted by molar-refractivity contribution is 0.597. The van der Waals surface area contributed by atoms with Crippen molar-refractivity contribution in [1.82, 2.24) is 0 Å². The quantitative estimate of drug-likeness (QED) is 0.342. The Kier molecular flexibility index (Phi) is 3.23. The van der Waals surface area contributed by atoms with Crippen LogP contribution in [0.25, 0.3) is 43.9 Å². The van der Waals surface area contributed by atoms with Gasteiger partial charge in [-0.1, -0.05) is 48.5 Å². The van der Waals surface area contributed by atoms with Crippen molar-refractivity contribution < 1.29 is 17.3 Å². The zero-order chi connectivity index (χ0) is 19.6. The van der Waals surface area contributed by atoms with Gasteiger partial charge in [-0.15, -0.1) is 0 Å². The van der Waals surface area contributed by atoms with Crippen LogP contribution in [-0.2, 0) is 9.84 Å². The number of para-hydroxylation sites is 2. The SMILES string of the molecule is O=S(=O)(c1cccc2oc3ccccc3c12)c1cccc2oc3ccccc3c12. The maximum absolute atomic E-state index is 13.9. The number of fused-ring (bicyclic) bond motifs is 6. The van der Waals surface area contributed by atoms with E-state index in [1.54, 1.807) is 36.4 Å². The zero-order valence-electron chi connectivity index (χ0n) is 15.1. The fourth-order valence-electron chi connectivity index (χ4n) is 4.05. The van der Waals surface area contributed by atoms with Crippen molar-refractivity contribution >= 4 is 53.7 Å².